The lowest BCUT2D eigenvalue weighted by molar-refractivity contribution is 0.00578. The third kappa shape index (κ3) is 4.94. The predicted octanol–water partition coefficient (Wildman–Crippen LogP) is 5.02. The van der Waals surface area contributed by atoms with Gasteiger partial charge < -0.3 is 14.0 Å². The van der Waals surface area contributed by atoms with Crippen LogP contribution in [0.15, 0.2) is 67.0 Å². The fourth-order valence-electron chi connectivity index (χ4n) is 4.95. The van der Waals surface area contributed by atoms with E-state index in [0.717, 1.165) is 24.1 Å². The Morgan fingerprint density at radius 1 is 0.971 bits per heavy atom. The molecule has 5 nitrogen and oxygen atoms in total. The number of nitrogens with zero attached hydrogens (tertiary/aromatic N) is 2. The van der Waals surface area contributed by atoms with Crippen LogP contribution in [0.2, 0.25) is 0 Å². The molecule has 1 saturated heterocycles. The van der Waals surface area contributed by atoms with Crippen LogP contribution in [0.1, 0.15) is 58.1 Å². The molecule has 0 bridgehead atoms. The first-order chi connectivity index (χ1) is 16.3. The Balaban J connectivity index is 1.22. The van der Waals surface area contributed by atoms with Crippen molar-refractivity contribution in [3.05, 3.63) is 78.1 Å². The van der Waals surface area contributed by atoms with Crippen LogP contribution in [0, 0.1) is 5.92 Å². The minimum Gasteiger partial charge on any atom is -0.490 e. The van der Waals surface area contributed by atoms with Crippen molar-refractivity contribution < 1.29 is 14.0 Å². The van der Waals surface area contributed by atoms with E-state index in [9.17, 15) is 0 Å². The summed E-state index contributed by atoms with van der Waals surface area (Å²) in [5, 5.41) is 4.56. The summed E-state index contributed by atoms with van der Waals surface area (Å²) >= 11 is 0. The Kier molecular flexibility index (Phi) is 6.30. The summed E-state index contributed by atoms with van der Waals surface area (Å²) in [5.74, 6) is 1.51. The monoisotopic (exact) mass is 458 g/mol. The zero-order valence-corrected chi connectivity index (χ0v) is 20.7. The second kappa shape index (κ2) is 9.24. The van der Waals surface area contributed by atoms with Gasteiger partial charge in [0.25, 0.3) is 0 Å². The van der Waals surface area contributed by atoms with Crippen molar-refractivity contribution in [2.75, 3.05) is 0 Å². The molecule has 1 aliphatic carbocycles. The molecule has 0 amide bonds. The minimum absolute atomic E-state index is 0.273. The molecule has 2 fully saturated rings. The fourth-order valence-corrected chi connectivity index (χ4v) is 4.95. The molecule has 2 atom stereocenters. The topological polar surface area (TPSA) is 45.5 Å². The average molecular weight is 458 g/mol. The van der Waals surface area contributed by atoms with Crippen LogP contribution in [0.4, 0.5) is 0 Å². The van der Waals surface area contributed by atoms with Gasteiger partial charge in [0.05, 0.1) is 17.7 Å². The molecule has 1 saturated carbocycles. The van der Waals surface area contributed by atoms with E-state index >= 15 is 0 Å². The number of hydrogen-bond acceptors (Lipinski definition) is 4. The Labute approximate surface area is 203 Å². The highest BCUT2D eigenvalue weighted by molar-refractivity contribution is 6.62. The summed E-state index contributed by atoms with van der Waals surface area (Å²) in [6, 6.07) is 19.2. The van der Waals surface area contributed by atoms with E-state index in [0.29, 0.717) is 12.5 Å². The zero-order valence-electron chi connectivity index (χ0n) is 20.7. The van der Waals surface area contributed by atoms with Crippen molar-refractivity contribution >= 4 is 12.6 Å². The first-order valence-electron chi connectivity index (χ1n) is 12.5. The molecular weight excluding hydrogens is 423 g/mol. The standard InChI is InChI=1S/C28H35BN2O3/c1-27(2)28(3,4)34-29(33-27)24-18-30-31(20-24)19-22-12-8-14-25(17-22)32-26-15-9-13-23(26)16-21-10-6-5-7-11-21/h5-8,10-12,14,17-18,20,23,26H,9,13,15-16,19H2,1-4H3/t23-,26+/m0/s1. The number of hydrogen-bond donors (Lipinski definition) is 0. The number of benzene rings is 2. The van der Waals surface area contributed by atoms with Crippen molar-refractivity contribution in [1.29, 1.82) is 0 Å². The van der Waals surface area contributed by atoms with Crippen LogP contribution in [0.5, 0.6) is 5.75 Å². The second-order valence-electron chi connectivity index (χ2n) is 10.7. The highest BCUT2D eigenvalue weighted by Crippen LogP contribution is 2.36. The minimum atomic E-state index is -0.391. The number of aromatic nitrogens is 2. The van der Waals surface area contributed by atoms with Crippen molar-refractivity contribution in [3.63, 3.8) is 0 Å². The van der Waals surface area contributed by atoms with Crippen LogP contribution in [0.25, 0.3) is 0 Å². The van der Waals surface area contributed by atoms with E-state index in [-0.39, 0.29) is 17.3 Å². The molecule has 34 heavy (non-hydrogen) atoms. The van der Waals surface area contributed by atoms with Gasteiger partial charge in [-0.2, -0.15) is 5.10 Å². The van der Waals surface area contributed by atoms with Crippen molar-refractivity contribution in [3.8, 4) is 5.75 Å². The van der Waals surface area contributed by atoms with E-state index in [2.05, 4.69) is 87.4 Å². The predicted molar refractivity (Wildman–Crippen MR) is 135 cm³/mol. The normalized spacial score (nSPS) is 23.4. The molecule has 1 aromatic heterocycles. The van der Waals surface area contributed by atoms with Crippen LogP contribution < -0.4 is 10.2 Å². The highest BCUT2D eigenvalue weighted by Gasteiger charge is 2.52. The smallest absolute Gasteiger partial charge is 0.490 e. The van der Waals surface area contributed by atoms with Gasteiger partial charge in [-0.05, 0) is 82.6 Å². The molecular formula is C28H35BN2O3. The number of rotatable bonds is 7. The molecule has 2 heterocycles. The lowest BCUT2D eigenvalue weighted by atomic mass is 9.82. The zero-order chi connectivity index (χ0) is 23.8. The molecule has 5 rings (SSSR count). The van der Waals surface area contributed by atoms with Crippen molar-refractivity contribution in [2.45, 2.75) is 77.2 Å². The summed E-state index contributed by atoms with van der Waals surface area (Å²) < 4.78 is 20.8. The third-order valence-electron chi connectivity index (χ3n) is 7.64. The Hall–Kier alpha value is -2.57. The fraction of sp³-hybridized carbons (Fsp3) is 0.464. The summed E-state index contributed by atoms with van der Waals surface area (Å²) in [7, 11) is -0.391. The second-order valence-corrected chi connectivity index (χ2v) is 10.7. The van der Waals surface area contributed by atoms with E-state index < -0.39 is 7.12 Å². The quantitative estimate of drug-likeness (QED) is 0.467. The first-order valence-corrected chi connectivity index (χ1v) is 12.5. The average Bonchev–Trinajstić information content (AvgIpc) is 3.48. The maximum atomic E-state index is 6.50. The van der Waals surface area contributed by atoms with Crippen LogP contribution in [0.3, 0.4) is 0 Å². The molecule has 2 aromatic carbocycles. The molecule has 0 N–H and O–H groups in total. The SMILES string of the molecule is CC1(C)OB(c2cnn(Cc3cccc(O[C@@H]4CCC[C@H]4Cc4ccccc4)c3)c2)OC1(C)C. The lowest BCUT2D eigenvalue weighted by Crippen LogP contribution is -2.41. The highest BCUT2D eigenvalue weighted by atomic mass is 16.7. The van der Waals surface area contributed by atoms with Gasteiger partial charge in [-0.1, -0.05) is 42.5 Å². The summed E-state index contributed by atoms with van der Waals surface area (Å²) in [4.78, 5) is 0. The summed E-state index contributed by atoms with van der Waals surface area (Å²) in [6.07, 6.45) is 8.80. The molecule has 3 aromatic rings. The molecule has 2 aliphatic rings. The van der Waals surface area contributed by atoms with E-state index in [1.165, 1.54) is 24.0 Å². The van der Waals surface area contributed by atoms with Crippen molar-refractivity contribution in [1.82, 2.24) is 9.78 Å². The van der Waals surface area contributed by atoms with Gasteiger partial charge in [-0.15, -0.1) is 0 Å². The van der Waals surface area contributed by atoms with Gasteiger partial charge in [0.1, 0.15) is 11.9 Å². The molecule has 178 valence electrons. The molecule has 0 spiro atoms. The largest absolute Gasteiger partial charge is 0.498 e. The molecule has 0 unspecified atom stereocenters. The third-order valence-corrected chi connectivity index (χ3v) is 7.64. The van der Waals surface area contributed by atoms with Gasteiger partial charge in [-0.3, -0.25) is 4.68 Å². The van der Waals surface area contributed by atoms with E-state index in [1.54, 1.807) is 0 Å². The molecule has 1 aliphatic heterocycles. The number of ether oxygens (including phenoxy) is 1. The Bertz CT molecular complexity index is 1100. The Morgan fingerprint density at radius 3 is 2.47 bits per heavy atom. The maximum Gasteiger partial charge on any atom is 0.498 e. The maximum absolute atomic E-state index is 6.50. The summed E-state index contributed by atoms with van der Waals surface area (Å²) in [6.45, 7) is 8.94. The van der Waals surface area contributed by atoms with E-state index in [4.69, 9.17) is 14.0 Å². The molecule has 6 heteroatoms. The first kappa shape index (κ1) is 23.2. The van der Waals surface area contributed by atoms with Gasteiger partial charge in [0, 0.05) is 17.9 Å². The van der Waals surface area contributed by atoms with Gasteiger partial charge in [0.15, 0.2) is 0 Å². The van der Waals surface area contributed by atoms with Crippen LogP contribution in [-0.2, 0) is 22.3 Å². The van der Waals surface area contributed by atoms with Crippen molar-refractivity contribution in [2.24, 2.45) is 5.92 Å². The Morgan fingerprint density at radius 2 is 1.71 bits per heavy atom. The van der Waals surface area contributed by atoms with Crippen LogP contribution in [-0.4, -0.2) is 34.2 Å². The summed E-state index contributed by atoms with van der Waals surface area (Å²) in [5.41, 5.74) is 2.79. The molecule has 0 radical (unpaired) electrons. The van der Waals surface area contributed by atoms with Gasteiger partial charge in [0.2, 0.25) is 0 Å². The lowest BCUT2D eigenvalue weighted by Gasteiger charge is -2.32. The van der Waals surface area contributed by atoms with Crippen LogP contribution >= 0.6 is 0 Å². The van der Waals surface area contributed by atoms with E-state index in [1.807, 2.05) is 17.1 Å². The van der Waals surface area contributed by atoms with Gasteiger partial charge in [-0.25, -0.2) is 0 Å². The van der Waals surface area contributed by atoms with Gasteiger partial charge >= 0.3 is 7.12 Å².